The molecule has 1 aliphatic carbocycles. The summed E-state index contributed by atoms with van der Waals surface area (Å²) in [7, 11) is 2.21. The van der Waals surface area contributed by atoms with Crippen molar-refractivity contribution in [3.63, 3.8) is 0 Å². The summed E-state index contributed by atoms with van der Waals surface area (Å²) < 4.78 is 0. The molecule has 0 bridgehead atoms. The summed E-state index contributed by atoms with van der Waals surface area (Å²) in [6, 6.07) is 1.29. The Morgan fingerprint density at radius 2 is 1.91 bits per heavy atom. The first kappa shape index (κ1) is 9.01. The van der Waals surface area contributed by atoms with Crippen LogP contribution in [0.3, 0.4) is 0 Å². The lowest BCUT2D eigenvalue weighted by Gasteiger charge is -2.32. The average molecular weight is 158 g/mol. The Bertz CT molecular complexity index is 111. The third-order valence-corrected chi connectivity index (χ3v) is 2.86. The molecule has 2 N–H and O–H groups in total. The fraction of sp³-hybridized carbons (Fsp3) is 1.00. The maximum absolute atomic E-state index is 5.82. The van der Waals surface area contributed by atoms with Crippen LogP contribution >= 0.6 is 0 Å². The molecular weight excluding hydrogens is 136 g/mol. The van der Waals surface area contributed by atoms with Gasteiger partial charge >= 0.3 is 0 Å². The van der Waals surface area contributed by atoms with Crippen LogP contribution in [0.25, 0.3) is 0 Å². The van der Waals surface area contributed by atoms with Gasteiger partial charge in [-0.15, -0.1) is 0 Å². The lowest BCUT2D eigenvalue weighted by atomic mass is 9.91. The normalized spacial score (nSPS) is 32.7. The van der Waals surface area contributed by atoms with Crippen LogP contribution in [0, 0.1) is 0 Å². The Morgan fingerprint density at radius 3 is 2.36 bits per heavy atom. The van der Waals surface area contributed by atoms with E-state index >= 15 is 0 Å². The van der Waals surface area contributed by atoms with Gasteiger partial charge < -0.3 is 10.6 Å². The number of rotatable bonds is 2. The minimum Gasteiger partial charge on any atom is -0.328 e. The molecule has 0 amide bonds. The van der Waals surface area contributed by atoms with Crippen LogP contribution in [-0.2, 0) is 0 Å². The summed E-state index contributed by atoms with van der Waals surface area (Å²) in [6.07, 6.45) is 5.03. The van der Waals surface area contributed by atoms with Crippen LogP contribution < -0.4 is 5.73 Å². The van der Waals surface area contributed by atoms with E-state index in [9.17, 15) is 0 Å². The third-order valence-electron chi connectivity index (χ3n) is 2.86. The summed E-state index contributed by atoms with van der Waals surface area (Å²) in [4.78, 5) is 2.44. The van der Waals surface area contributed by atoms with Gasteiger partial charge in [0.05, 0.1) is 0 Å². The molecule has 0 spiro atoms. The van der Waals surface area contributed by atoms with Gasteiger partial charge in [-0.25, -0.2) is 0 Å². The van der Waals surface area contributed by atoms with Gasteiger partial charge in [-0.3, -0.25) is 0 Å². The molecule has 1 fully saturated rings. The monoisotopic (exact) mass is 158 g/mol. The SMILES string of the molecule is CCN(C)C1CCC(N)CC1.[HH]. The smallest absolute Gasteiger partial charge is 0.00932 e. The maximum atomic E-state index is 5.82. The highest BCUT2D eigenvalue weighted by molar-refractivity contribution is 4.78. The van der Waals surface area contributed by atoms with Gasteiger partial charge in [-0.1, -0.05) is 6.92 Å². The standard InChI is InChI=1S/C9H20N2.H2/c1-3-11(2)9-6-4-8(10)5-7-9;/h8-9H,3-7,10H2,1-2H3;1H. The number of nitrogens with zero attached hydrogens (tertiary/aromatic N) is 1. The van der Waals surface area contributed by atoms with Crippen LogP contribution in [-0.4, -0.2) is 30.6 Å². The highest BCUT2D eigenvalue weighted by Crippen LogP contribution is 2.20. The molecule has 0 aromatic heterocycles. The zero-order valence-corrected chi connectivity index (χ0v) is 7.71. The molecule has 0 unspecified atom stereocenters. The van der Waals surface area contributed by atoms with Crippen molar-refractivity contribution in [3.8, 4) is 0 Å². The minimum atomic E-state index is 0. The molecule has 0 aromatic rings. The molecule has 11 heavy (non-hydrogen) atoms. The number of hydrogen-bond donors (Lipinski definition) is 1. The molecule has 0 aromatic carbocycles. The molecule has 2 nitrogen and oxygen atoms in total. The Labute approximate surface area is 71.2 Å². The fourth-order valence-corrected chi connectivity index (χ4v) is 1.80. The lowest BCUT2D eigenvalue weighted by Crippen LogP contribution is -2.38. The van der Waals surface area contributed by atoms with Crippen molar-refractivity contribution >= 4 is 0 Å². The zero-order valence-electron chi connectivity index (χ0n) is 7.71. The van der Waals surface area contributed by atoms with E-state index in [0.717, 1.165) is 6.04 Å². The zero-order chi connectivity index (χ0) is 8.27. The van der Waals surface area contributed by atoms with Gasteiger partial charge in [0.25, 0.3) is 0 Å². The Kier molecular flexibility index (Phi) is 3.34. The van der Waals surface area contributed by atoms with Gasteiger partial charge in [-0.2, -0.15) is 0 Å². The quantitative estimate of drug-likeness (QED) is 0.659. The van der Waals surface area contributed by atoms with Gasteiger partial charge in [0, 0.05) is 13.5 Å². The summed E-state index contributed by atoms with van der Waals surface area (Å²) >= 11 is 0. The first-order valence-corrected chi connectivity index (χ1v) is 4.70. The van der Waals surface area contributed by atoms with Crippen molar-refractivity contribution in [1.82, 2.24) is 4.90 Å². The first-order valence-electron chi connectivity index (χ1n) is 4.70. The summed E-state index contributed by atoms with van der Waals surface area (Å²) in [5.41, 5.74) is 5.82. The highest BCUT2D eigenvalue weighted by atomic mass is 15.1. The topological polar surface area (TPSA) is 29.3 Å². The summed E-state index contributed by atoms with van der Waals surface area (Å²) in [5, 5.41) is 0. The van der Waals surface area contributed by atoms with E-state index in [1.807, 2.05) is 0 Å². The molecular formula is C9H22N2. The largest absolute Gasteiger partial charge is 0.328 e. The average Bonchev–Trinajstić information content (AvgIpc) is 2.05. The van der Waals surface area contributed by atoms with Crippen molar-refractivity contribution < 1.29 is 1.43 Å². The van der Waals surface area contributed by atoms with E-state index < -0.39 is 0 Å². The summed E-state index contributed by atoms with van der Waals surface area (Å²) in [6.45, 7) is 3.38. The van der Waals surface area contributed by atoms with E-state index in [1.165, 1.54) is 32.2 Å². The van der Waals surface area contributed by atoms with Gasteiger partial charge in [-0.05, 0) is 39.3 Å². The minimum absolute atomic E-state index is 0. The molecule has 0 atom stereocenters. The first-order chi connectivity index (χ1) is 5.24. The van der Waals surface area contributed by atoms with Gasteiger partial charge in [0.1, 0.15) is 0 Å². The summed E-state index contributed by atoms with van der Waals surface area (Å²) in [5.74, 6) is 0. The lowest BCUT2D eigenvalue weighted by molar-refractivity contribution is 0.191. The molecule has 1 saturated carbocycles. The van der Waals surface area contributed by atoms with Crippen LogP contribution in [0.1, 0.15) is 34.0 Å². The van der Waals surface area contributed by atoms with Crippen LogP contribution in [0.15, 0.2) is 0 Å². The van der Waals surface area contributed by atoms with Gasteiger partial charge in [0.15, 0.2) is 0 Å². The highest BCUT2D eigenvalue weighted by Gasteiger charge is 2.20. The van der Waals surface area contributed by atoms with Crippen molar-refractivity contribution in [2.45, 2.75) is 44.7 Å². The predicted molar refractivity (Wildman–Crippen MR) is 50.6 cm³/mol. The maximum Gasteiger partial charge on any atom is 0.00932 e. The van der Waals surface area contributed by atoms with Crippen molar-refractivity contribution in [2.75, 3.05) is 13.6 Å². The van der Waals surface area contributed by atoms with E-state index in [2.05, 4.69) is 18.9 Å². The van der Waals surface area contributed by atoms with Gasteiger partial charge in [0.2, 0.25) is 0 Å². The van der Waals surface area contributed by atoms with Crippen molar-refractivity contribution in [2.24, 2.45) is 5.73 Å². The molecule has 0 heterocycles. The molecule has 68 valence electrons. The second-order valence-electron chi connectivity index (χ2n) is 3.64. The Hall–Kier alpha value is -0.0800. The molecule has 1 rings (SSSR count). The van der Waals surface area contributed by atoms with Crippen molar-refractivity contribution in [1.29, 1.82) is 0 Å². The Balaban J connectivity index is 0.00000121. The second kappa shape index (κ2) is 4.07. The van der Waals surface area contributed by atoms with Crippen LogP contribution in [0.2, 0.25) is 0 Å². The number of hydrogen-bond acceptors (Lipinski definition) is 2. The molecule has 0 radical (unpaired) electrons. The van der Waals surface area contributed by atoms with E-state index in [0.29, 0.717) is 6.04 Å². The molecule has 0 aliphatic heterocycles. The van der Waals surface area contributed by atoms with Crippen LogP contribution in [0.5, 0.6) is 0 Å². The number of nitrogens with two attached hydrogens (primary N) is 1. The van der Waals surface area contributed by atoms with Crippen LogP contribution in [0.4, 0.5) is 0 Å². The predicted octanol–water partition coefficient (Wildman–Crippen LogP) is 1.45. The van der Waals surface area contributed by atoms with E-state index in [-0.39, 0.29) is 1.43 Å². The van der Waals surface area contributed by atoms with E-state index in [4.69, 9.17) is 5.73 Å². The molecule has 2 heteroatoms. The Morgan fingerprint density at radius 1 is 1.36 bits per heavy atom. The molecule has 0 saturated heterocycles. The fourth-order valence-electron chi connectivity index (χ4n) is 1.80. The van der Waals surface area contributed by atoms with E-state index in [1.54, 1.807) is 0 Å². The molecule has 1 aliphatic rings. The third kappa shape index (κ3) is 2.46. The second-order valence-corrected chi connectivity index (χ2v) is 3.64. The van der Waals surface area contributed by atoms with Crippen molar-refractivity contribution in [3.05, 3.63) is 0 Å².